The average Bonchev–Trinajstić information content (AvgIpc) is 2.69. The van der Waals surface area contributed by atoms with Crippen molar-refractivity contribution in [3.05, 3.63) is 35.9 Å². The molecule has 2 aliphatic heterocycles. The molecule has 0 aliphatic carbocycles. The standard InChI is InChI=1S/C22H33N3O3/c1-22(2,3)28-21(27)25-16-14-23(15-17-25)19(18-10-6-4-7-11-18)20(26)24-12-8-5-9-13-24/h4,6-7,10-11,19H,5,8-9,12-17H2,1-3H3. The van der Waals surface area contributed by atoms with Crippen LogP contribution in [-0.4, -0.2) is 71.6 Å². The summed E-state index contributed by atoms with van der Waals surface area (Å²) >= 11 is 0. The molecule has 0 bridgehead atoms. The van der Waals surface area contributed by atoms with Gasteiger partial charge in [-0.1, -0.05) is 30.3 Å². The van der Waals surface area contributed by atoms with Crippen molar-refractivity contribution < 1.29 is 14.3 Å². The Bertz CT molecular complexity index is 657. The van der Waals surface area contributed by atoms with E-state index in [4.69, 9.17) is 4.74 Å². The van der Waals surface area contributed by atoms with Crippen molar-refractivity contribution in [3.63, 3.8) is 0 Å². The molecule has 1 atom stereocenters. The van der Waals surface area contributed by atoms with Crippen molar-refractivity contribution in [2.45, 2.75) is 51.7 Å². The maximum Gasteiger partial charge on any atom is 0.410 e. The number of likely N-dealkylation sites (tertiary alicyclic amines) is 1. The van der Waals surface area contributed by atoms with E-state index in [0.717, 1.165) is 31.5 Å². The third kappa shape index (κ3) is 5.25. The molecule has 0 N–H and O–H groups in total. The summed E-state index contributed by atoms with van der Waals surface area (Å²) in [6, 6.07) is 9.75. The smallest absolute Gasteiger partial charge is 0.410 e. The number of piperidine rings is 1. The Morgan fingerprint density at radius 1 is 0.857 bits per heavy atom. The Morgan fingerprint density at radius 3 is 2.04 bits per heavy atom. The van der Waals surface area contributed by atoms with Gasteiger partial charge in [0.2, 0.25) is 5.91 Å². The Balaban J connectivity index is 1.70. The SMILES string of the molecule is CC(C)(C)OC(=O)N1CCN(C(C(=O)N2CCCCC2)c2ccccc2)CC1. The van der Waals surface area contributed by atoms with Gasteiger partial charge in [-0.05, 0) is 45.6 Å². The molecule has 6 heteroatoms. The highest BCUT2D eigenvalue weighted by Gasteiger charge is 2.35. The first kappa shape index (κ1) is 20.6. The highest BCUT2D eigenvalue weighted by molar-refractivity contribution is 5.83. The van der Waals surface area contributed by atoms with E-state index >= 15 is 0 Å². The van der Waals surface area contributed by atoms with E-state index in [1.165, 1.54) is 6.42 Å². The van der Waals surface area contributed by atoms with Gasteiger partial charge < -0.3 is 14.5 Å². The fourth-order valence-electron chi connectivity index (χ4n) is 3.92. The summed E-state index contributed by atoms with van der Waals surface area (Å²) in [7, 11) is 0. The van der Waals surface area contributed by atoms with E-state index in [-0.39, 0.29) is 18.0 Å². The number of hydrogen-bond acceptors (Lipinski definition) is 4. The van der Waals surface area contributed by atoms with E-state index in [1.54, 1.807) is 4.90 Å². The summed E-state index contributed by atoms with van der Waals surface area (Å²) in [5, 5.41) is 0. The molecule has 2 aliphatic rings. The number of nitrogens with zero attached hydrogens (tertiary/aromatic N) is 3. The van der Waals surface area contributed by atoms with Crippen LogP contribution in [0.4, 0.5) is 4.79 Å². The normalized spacial score (nSPS) is 20.0. The molecule has 0 aromatic heterocycles. The quantitative estimate of drug-likeness (QED) is 0.799. The second-order valence-corrected chi connectivity index (χ2v) is 8.70. The summed E-state index contributed by atoms with van der Waals surface area (Å²) in [6.45, 7) is 9.81. The lowest BCUT2D eigenvalue weighted by Gasteiger charge is -2.41. The molecule has 1 unspecified atom stereocenters. The summed E-state index contributed by atoms with van der Waals surface area (Å²) in [6.07, 6.45) is 3.10. The number of carbonyl (C=O) groups is 2. The minimum Gasteiger partial charge on any atom is -0.444 e. The summed E-state index contributed by atoms with van der Waals surface area (Å²) < 4.78 is 5.49. The number of hydrogen-bond donors (Lipinski definition) is 0. The predicted octanol–water partition coefficient (Wildman–Crippen LogP) is 3.29. The monoisotopic (exact) mass is 387 g/mol. The molecule has 0 saturated carbocycles. The first-order valence-corrected chi connectivity index (χ1v) is 10.4. The molecular formula is C22H33N3O3. The number of rotatable bonds is 3. The van der Waals surface area contributed by atoms with Crippen molar-refractivity contribution in [2.24, 2.45) is 0 Å². The number of amides is 2. The van der Waals surface area contributed by atoms with E-state index in [9.17, 15) is 9.59 Å². The molecular weight excluding hydrogens is 354 g/mol. The van der Waals surface area contributed by atoms with Crippen molar-refractivity contribution in [2.75, 3.05) is 39.3 Å². The van der Waals surface area contributed by atoms with Gasteiger partial charge in [-0.15, -0.1) is 0 Å². The molecule has 2 heterocycles. The van der Waals surface area contributed by atoms with E-state index in [0.29, 0.717) is 26.2 Å². The molecule has 154 valence electrons. The van der Waals surface area contributed by atoms with Crippen LogP contribution in [0, 0.1) is 0 Å². The third-order valence-electron chi connectivity index (χ3n) is 5.35. The zero-order valence-electron chi connectivity index (χ0n) is 17.4. The Morgan fingerprint density at radius 2 is 1.46 bits per heavy atom. The number of benzene rings is 1. The van der Waals surface area contributed by atoms with Crippen LogP contribution in [0.1, 0.15) is 51.6 Å². The van der Waals surface area contributed by atoms with E-state index in [1.807, 2.05) is 56.0 Å². The van der Waals surface area contributed by atoms with Crippen LogP contribution >= 0.6 is 0 Å². The lowest BCUT2D eigenvalue weighted by Crippen LogP contribution is -2.54. The number of carbonyl (C=O) groups excluding carboxylic acids is 2. The van der Waals surface area contributed by atoms with Gasteiger partial charge >= 0.3 is 6.09 Å². The van der Waals surface area contributed by atoms with Gasteiger partial charge in [0.05, 0.1) is 0 Å². The predicted molar refractivity (Wildman–Crippen MR) is 109 cm³/mol. The second-order valence-electron chi connectivity index (χ2n) is 8.70. The minimum absolute atomic E-state index is 0.191. The van der Waals surface area contributed by atoms with Crippen molar-refractivity contribution >= 4 is 12.0 Å². The molecule has 0 spiro atoms. The lowest BCUT2D eigenvalue weighted by molar-refractivity contribution is -0.139. The molecule has 28 heavy (non-hydrogen) atoms. The van der Waals surface area contributed by atoms with Gasteiger partial charge in [0, 0.05) is 39.3 Å². The maximum atomic E-state index is 13.4. The number of ether oxygens (including phenoxy) is 1. The molecule has 2 amide bonds. The number of piperazine rings is 1. The van der Waals surface area contributed by atoms with Crippen molar-refractivity contribution in [1.82, 2.24) is 14.7 Å². The summed E-state index contributed by atoms with van der Waals surface area (Å²) in [5.74, 6) is 0.191. The van der Waals surface area contributed by atoms with Crippen LogP contribution in [0.25, 0.3) is 0 Å². The highest BCUT2D eigenvalue weighted by Crippen LogP contribution is 2.26. The van der Waals surface area contributed by atoms with Gasteiger partial charge in [0.1, 0.15) is 11.6 Å². The van der Waals surface area contributed by atoms with Crippen molar-refractivity contribution in [1.29, 1.82) is 0 Å². The molecule has 2 fully saturated rings. The topological polar surface area (TPSA) is 53.1 Å². The fraction of sp³-hybridized carbons (Fsp3) is 0.636. The van der Waals surface area contributed by atoms with Crippen LogP contribution in [0.3, 0.4) is 0 Å². The minimum atomic E-state index is -0.495. The zero-order valence-corrected chi connectivity index (χ0v) is 17.4. The summed E-state index contributed by atoms with van der Waals surface area (Å²) in [5.41, 5.74) is 0.536. The molecule has 2 saturated heterocycles. The van der Waals surface area contributed by atoms with Gasteiger partial charge in [0.25, 0.3) is 0 Å². The molecule has 0 radical (unpaired) electrons. The van der Waals surface area contributed by atoms with Crippen LogP contribution in [0.15, 0.2) is 30.3 Å². The third-order valence-corrected chi connectivity index (χ3v) is 5.35. The molecule has 3 rings (SSSR count). The first-order valence-electron chi connectivity index (χ1n) is 10.4. The second kappa shape index (κ2) is 8.95. The van der Waals surface area contributed by atoms with E-state index in [2.05, 4.69) is 4.90 Å². The van der Waals surface area contributed by atoms with Gasteiger partial charge in [-0.25, -0.2) is 4.79 Å². The van der Waals surface area contributed by atoms with Gasteiger partial charge in [-0.2, -0.15) is 0 Å². The molecule has 6 nitrogen and oxygen atoms in total. The van der Waals surface area contributed by atoms with Crippen molar-refractivity contribution in [3.8, 4) is 0 Å². The van der Waals surface area contributed by atoms with Gasteiger partial charge in [0.15, 0.2) is 0 Å². The van der Waals surface area contributed by atoms with E-state index < -0.39 is 5.60 Å². The largest absolute Gasteiger partial charge is 0.444 e. The summed E-state index contributed by atoms with van der Waals surface area (Å²) in [4.78, 5) is 31.7. The first-order chi connectivity index (χ1) is 13.3. The zero-order chi connectivity index (χ0) is 20.1. The van der Waals surface area contributed by atoms with Crippen LogP contribution in [-0.2, 0) is 9.53 Å². The van der Waals surface area contributed by atoms with Gasteiger partial charge in [-0.3, -0.25) is 9.69 Å². The van der Waals surface area contributed by atoms with Crippen LogP contribution < -0.4 is 0 Å². The highest BCUT2D eigenvalue weighted by atomic mass is 16.6. The van der Waals surface area contributed by atoms with Crippen LogP contribution in [0.5, 0.6) is 0 Å². The Hall–Kier alpha value is -2.08. The maximum absolute atomic E-state index is 13.4. The van der Waals surface area contributed by atoms with Crippen LogP contribution in [0.2, 0.25) is 0 Å². The fourth-order valence-corrected chi connectivity index (χ4v) is 3.92. The lowest BCUT2D eigenvalue weighted by atomic mass is 10.0. The average molecular weight is 388 g/mol. The molecule has 1 aromatic carbocycles. The molecule has 1 aromatic rings. The Kier molecular flexibility index (Phi) is 6.60. The Labute approximate surface area is 168 Å².